The number of rotatable bonds is 4. The van der Waals surface area contributed by atoms with E-state index < -0.39 is 0 Å². The Morgan fingerprint density at radius 1 is 1.17 bits per heavy atom. The maximum atomic E-state index is 5.89. The molecule has 0 aliphatic heterocycles. The summed E-state index contributed by atoms with van der Waals surface area (Å²) in [6.07, 6.45) is 1.74. The molecule has 0 aliphatic carbocycles. The molecule has 0 saturated heterocycles. The molecular formula is C18H16ClN3OS. The molecule has 2 aromatic carbocycles. The number of benzene rings is 2. The average Bonchev–Trinajstić information content (AvgIpc) is 2.61. The van der Waals surface area contributed by atoms with Crippen molar-refractivity contribution in [3.05, 3.63) is 65.3 Å². The first kappa shape index (κ1) is 16.5. The predicted octanol–water partition coefficient (Wildman–Crippen LogP) is 4.38. The van der Waals surface area contributed by atoms with E-state index in [-0.39, 0.29) is 0 Å². The van der Waals surface area contributed by atoms with Crippen LogP contribution in [0.4, 0.5) is 5.69 Å². The zero-order valence-electron chi connectivity index (χ0n) is 13.0. The van der Waals surface area contributed by atoms with Gasteiger partial charge in [0.1, 0.15) is 11.3 Å². The normalized spacial score (nSPS) is 10.4. The largest absolute Gasteiger partial charge is 0.494 e. The van der Waals surface area contributed by atoms with E-state index in [1.54, 1.807) is 13.3 Å². The standard InChI is InChI=1S/C18H16ClN3OS/c1-23-16-9-8-15(14-3-2-10-20-17(14)16)22-18(24)21-11-12-4-6-13(19)7-5-12/h2-10H,11H2,1H3,(H2,21,22,24). The summed E-state index contributed by atoms with van der Waals surface area (Å²) in [6, 6.07) is 15.3. The number of nitrogens with zero attached hydrogens (tertiary/aromatic N) is 1. The number of hydrogen-bond acceptors (Lipinski definition) is 3. The molecule has 6 heteroatoms. The molecule has 0 spiro atoms. The highest BCUT2D eigenvalue weighted by molar-refractivity contribution is 7.80. The van der Waals surface area contributed by atoms with E-state index in [9.17, 15) is 0 Å². The van der Waals surface area contributed by atoms with Gasteiger partial charge in [0.15, 0.2) is 5.11 Å². The third kappa shape index (κ3) is 3.75. The number of pyridine rings is 1. The fourth-order valence-electron chi connectivity index (χ4n) is 2.37. The zero-order chi connectivity index (χ0) is 16.9. The predicted molar refractivity (Wildman–Crippen MR) is 103 cm³/mol. The van der Waals surface area contributed by atoms with Crippen LogP contribution < -0.4 is 15.4 Å². The summed E-state index contributed by atoms with van der Waals surface area (Å²) in [5, 5.41) is 8.61. The molecule has 3 aromatic rings. The molecule has 0 aliphatic rings. The number of fused-ring (bicyclic) bond motifs is 1. The highest BCUT2D eigenvalue weighted by Crippen LogP contribution is 2.29. The van der Waals surface area contributed by atoms with Crippen LogP contribution in [0.5, 0.6) is 5.75 Å². The minimum atomic E-state index is 0.542. The fourth-order valence-corrected chi connectivity index (χ4v) is 2.68. The highest BCUT2D eigenvalue weighted by Gasteiger charge is 2.08. The summed E-state index contributed by atoms with van der Waals surface area (Å²) < 4.78 is 5.35. The monoisotopic (exact) mass is 357 g/mol. The molecule has 0 amide bonds. The third-order valence-corrected chi connectivity index (χ3v) is 4.07. The molecule has 0 unspecified atom stereocenters. The topological polar surface area (TPSA) is 46.2 Å². The third-order valence-electron chi connectivity index (χ3n) is 3.57. The van der Waals surface area contributed by atoms with E-state index in [1.165, 1.54) is 0 Å². The number of hydrogen-bond donors (Lipinski definition) is 2. The van der Waals surface area contributed by atoms with Crippen LogP contribution in [0.2, 0.25) is 5.02 Å². The zero-order valence-corrected chi connectivity index (χ0v) is 14.6. The van der Waals surface area contributed by atoms with Crippen LogP contribution in [0.3, 0.4) is 0 Å². The van der Waals surface area contributed by atoms with Crippen LogP contribution in [-0.4, -0.2) is 17.2 Å². The SMILES string of the molecule is COc1ccc(NC(=S)NCc2ccc(Cl)cc2)c2cccnc12. The van der Waals surface area contributed by atoms with Crippen molar-refractivity contribution >= 4 is 45.5 Å². The van der Waals surface area contributed by atoms with Gasteiger partial charge in [0.2, 0.25) is 0 Å². The molecule has 24 heavy (non-hydrogen) atoms. The Hall–Kier alpha value is -2.37. The van der Waals surface area contributed by atoms with Crippen molar-refractivity contribution in [1.29, 1.82) is 0 Å². The summed E-state index contributed by atoms with van der Waals surface area (Å²) in [5.41, 5.74) is 2.78. The van der Waals surface area contributed by atoms with Gasteiger partial charge in [0.25, 0.3) is 0 Å². The number of halogens is 1. The quantitative estimate of drug-likeness (QED) is 0.678. The van der Waals surface area contributed by atoms with E-state index in [4.69, 9.17) is 28.6 Å². The number of aromatic nitrogens is 1. The van der Waals surface area contributed by atoms with Crippen molar-refractivity contribution in [2.45, 2.75) is 6.54 Å². The Morgan fingerprint density at radius 3 is 2.71 bits per heavy atom. The van der Waals surface area contributed by atoms with Crippen LogP contribution in [0.25, 0.3) is 10.9 Å². The molecule has 3 rings (SSSR count). The van der Waals surface area contributed by atoms with Crippen LogP contribution >= 0.6 is 23.8 Å². The second-order valence-electron chi connectivity index (χ2n) is 5.15. The first-order valence-electron chi connectivity index (χ1n) is 7.38. The van der Waals surface area contributed by atoms with Crippen LogP contribution in [0, 0.1) is 0 Å². The Kier molecular flexibility index (Phi) is 5.13. The second-order valence-corrected chi connectivity index (χ2v) is 5.99. The first-order chi connectivity index (χ1) is 11.7. The average molecular weight is 358 g/mol. The summed E-state index contributed by atoms with van der Waals surface area (Å²) in [7, 11) is 1.63. The smallest absolute Gasteiger partial charge is 0.171 e. The lowest BCUT2D eigenvalue weighted by molar-refractivity contribution is 0.419. The van der Waals surface area contributed by atoms with Crippen molar-refractivity contribution in [3.63, 3.8) is 0 Å². The molecule has 0 radical (unpaired) electrons. The van der Waals surface area contributed by atoms with Crippen molar-refractivity contribution in [2.24, 2.45) is 0 Å². The van der Waals surface area contributed by atoms with Crippen molar-refractivity contribution in [2.75, 3.05) is 12.4 Å². The van der Waals surface area contributed by atoms with Crippen LogP contribution in [-0.2, 0) is 6.54 Å². The molecule has 122 valence electrons. The minimum Gasteiger partial charge on any atom is -0.494 e. The summed E-state index contributed by atoms with van der Waals surface area (Å²) in [5.74, 6) is 0.733. The van der Waals surface area contributed by atoms with Gasteiger partial charge in [-0.05, 0) is 54.2 Å². The number of thiocarbonyl (C=S) groups is 1. The summed E-state index contributed by atoms with van der Waals surface area (Å²) in [6.45, 7) is 0.620. The van der Waals surface area contributed by atoms with Gasteiger partial charge in [0.05, 0.1) is 7.11 Å². The number of anilines is 1. The Labute approximate surface area is 150 Å². The van der Waals surface area contributed by atoms with E-state index in [0.717, 1.165) is 32.9 Å². The molecule has 0 saturated carbocycles. The molecule has 1 heterocycles. The van der Waals surface area contributed by atoms with Gasteiger partial charge in [-0.1, -0.05) is 23.7 Å². The van der Waals surface area contributed by atoms with Crippen LogP contribution in [0.15, 0.2) is 54.7 Å². The van der Waals surface area contributed by atoms with Crippen molar-refractivity contribution in [1.82, 2.24) is 10.3 Å². The second kappa shape index (κ2) is 7.47. The molecule has 0 bridgehead atoms. The maximum absolute atomic E-state index is 5.89. The van der Waals surface area contributed by atoms with Gasteiger partial charge < -0.3 is 15.4 Å². The molecule has 2 N–H and O–H groups in total. The Balaban J connectivity index is 1.72. The van der Waals surface area contributed by atoms with E-state index in [0.29, 0.717) is 11.7 Å². The number of nitrogens with one attached hydrogen (secondary N) is 2. The molecule has 0 fully saturated rings. The van der Waals surface area contributed by atoms with Gasteiger partial charge in [-0.2, -0.15) is 0 Å². The minimum absolute atomic E-state index is 0.542. The summed E-state index contributed by atoms with van der Waals surface area (Å²) in [4.78, 5) is 4.38. The Morgan fingerprint density at radius 2 is 1.96 bits per heavy atom. The van der Waals surface area contributed by atoms with Gasteiger partial charge >= 0.3 is 0 Å². The lowest BCUT2D eigenvalue weighted by atomic mass is 10.1. The van der Waals surface area contributed by atoms with Gasteiger partial charge in [0, 0.05) is 28.8 Å². The lowest BCUT2D eigenvalue weighted by Gasteiger charge is -2.14. The van der Waals surface area contributed by atoms with Gasteiger partial charge in [-0.15, -0.1) is 0 Å². The molecule has 4 nitrogen and oxygen atoms in total. The number of methoxy groups -OCH3 is 1. The lowest BCUT2D eigenvalue weighted by Crippen LogP contribution is -2.27. The van der Waals surface area contributed by atoms with Crippen molar-refractivity contribution in [3.8, 4) is 5.75 Å². The van der Waals surface area contributed by atoms with E-state index in [1.807, 2.05) is 48.5 Å². The molecule has 0 atom stereocenters. The first-order valence-corrected chi connectivity index (χ1v) is 8.17. The van der Waals surface area contributed by atoms with E-state index >= 15 is 0 Å². The summed E-state index contributed by atoms with van der Waals surface area (Å²) >= 11 is 11.3. The Bertz CT molecular complexity index is 868. The van der Waals surface area contributed by atoms with Gasteiger partial charge in [-0.3, -0.25) is 4.98 Å². The van der Waals surface area contributed by atoms with Crippen LogP contribution in [0.1, 0.15) is 5.56 Å². The number of ether oxygens (including phenoxy) is 1. The van der Waals surface area contributed by atoms with E-state index in [2.05, 4.69) is 15.6 Å². The maximum Gasteiger partial charge on any atom is 0.171 e. The van der Waals surface area contributed by atoms with Gasteiger partial charge in [-0.25, -0.2) is 0 Å². The fraction of sp³-hybridized carbons (Fsp3) is 0.111. The molecule has 1 aromatic heterocycles. The highest BCUT2D eigenvalue weighted by atomic mass is 35.5. The van der Waals surface area contributed by atoms with Crippen molar-refractivity contribution < 1.29 is 4.74 Å². The molecular weight excluding hydrogens is 342 g/mol.